The van der Waals surface area contributed by atoms with Crippen LogP contribution in [0.2, 0.25) is 0 Å². The molecule has 0 aliphatic carbocycles. The summed E-state index contributed by atoms with van der Waals surface area (Å²) in [4.78, 5) is 30.6. The number of nitrogens with one attached hydrogen (secondary N) is 1. The van der Waals surface area contributed by atoms with Crippen molar-refractivity contribution in [1.82, 2.24) is 9.88 Å². The normalized spacial score (nSPS) is 20.4. The summed E-state index contributed by atoms with van der Waals surface area (Å²) in [5.41, 5.74) is 2.98. The maximum atomic E-state index is 12.7. The number of carbonyl (C=O) groups is 2. The smallest absolute Gasteiger partial charge is 0.257 e. The first-order valence-corrected chi connectivity index (χ1v) is 8.13. The summed E-state index contributed by atoms with van der Waals surface area (Å²) in [6, 6.07) is 10.9. The quantitative estimate of drug-likeness (QED) is 0.931. The van der Waals surface area contributed by atoms with Crippen LogP contribution in [0, 0.1) is 13.8 Å². The Hall–Kier alpha value is -2.73. The van der Waals surface area contributed by atoms with E-state index in [1.54, 1.807) is 24.2 Å². The van der Waals surface area contributed by atoms with Gasteiger partial charge in [0.05, 0.1) is 6.04 Å². The van der Waals surface area contributed by atoms with Crippen LogP contribution in [0.3, 0.4) is 0 Å². The molecular weight excluding hydrogens is 318 g/mol. The number of benzene rings is 1. The minimum Gasteiger partial charge on any atom is -0.356 e. The zero-order valence-electron chi connectivity index (χ0n) is 14.5. The van der Waals surface area contributed by atoms with Gasteiger partial charge in [-0.1, -0.05) is 35.9 Å². The number of hydrogen-bond acceptors (Lipinski definition) is 4. The largest absolute Gasteiger partial charge is 0.356 e. The number of likely N-dealkylation sites (N-methyl/N-ethyl adjacent to an activating group) is 1. The van der Waals surface area contributed by atoms with Crippen LogP contribution < -0.4 is 5.32 Å². The van der Waals surface area contributed by atoms with Crippen LogP contribution in [0.1, 0.15) is 22.7 Å². The molecule has 1 N–H and O–H groups in total. The predicted octanol–water partition coefficient (Wildman–Crippen LogP) is 2.24. The fourth-order valence-corrected chi connectivity index (χ4v) is 2.83. The van der Waals surface area contributed by atoms with Gasteiger partial charge < -0.3 is 15.0 Å². The van der Waals surface area contributed by atoms with E-state index in [2.05, 4.69) is 10.3 Å². The number of morpholine rings is 1. The van der Waals surface area contributed by atoms with Crippen molar-refractivity contribution >= 4 is 17.6 Å². The van der Waals surface area contributed by atoms with E-state index in [0.717, 1.165) is 16.7 Å². The Morgan fingerprint density at radius 1 is 1.16 bits per heavy atom. The molecule has 1 fully saturated rings. The van der Waals surface area contributed by atoms with Crippen LogP contribution in [0.15, 0.2) is 42.6 Å². The number of anilines is 1. The van der Waals surface area contributed by atoms with Gasteiger partial charge in [0.1, 0.15) is 12.4 Å². The van der Waals surface area contributed by atoms with E-state index in [1.165, 1.54) is 0 Å². The highest BCUT2D eigenvalue weighted by molar-refractivity contribution is 5.95. The van der Waals surface area contributed by atoms with Gasteiger partial charge in [-0.2, -0.15) is 0 Å². The van der Waals surface area contributed by atoms with E-state index in [0.29, 0.717) is 5.82 Å². The summed E-state index contributed by atoms with van der Waals surface area (Å²) in [6.07, 6.45) is 0.887. The average molecular weight is 339 g/mol. The molecule has 6 heteroatoms. The third kappa shape index (κ3) is 3.69. The number of aryl methyl sites for hydroxylation is 2. The summed E-state index contributed by atoms with van der Waals surface area (Å²) in [5.74, 6) is -0.00854. The highest BCUT2D eigenvalue weighted by Crippen LogP contribution is 2.30. The van der Waals surface area contributed by atoms with Crippen LogP contribution in [0.5, 0.6) is 0 Å². The number of ether oxygens (including phenoxy) is 1. The van der Waals surface area contributed by atoms with Crippen molar-refractivity contribution in [3.63, 3.8) is 0 Å². The Balaban J connectivity index is 1.85. The lowest BCUT2D eigenvalue weighted by molar-refractivity contribution is -0.160. The van der Waals surface area contributed by atoms with E-state index in [-0.39, 0.29) is 18.4 Å². The molecule has 0 bridgehead atoms. The molecule has 1 aromatic carbocycles. The molecular formula is C19H21N3O3. The second-order valence-electron chi connectivity index (χ2n) is 6.30. The third-order valence-electron chi connectivity index (χ3n) is 4.32. The average Bonchev–Trinajstić information content (AvgIpc) is 2.60. The van der Waals surface area contributed by atoms with Crippen LogP contribution in [-0.4, -0.2) is 41.5 Å². The lowest BCUT2D eigenvalue weighted by Crippen LogP contribution is -2.51. The molecule has 0 saturated carbocycles. The number of amides is 2. The molecule has 1 aliphatic heterocycles. The fraction of sp³-hybridized carbons (Fsp3) is 0.316. The molecule has 3 rings (SSSR count). The molecule has 0 unspecified atom stereocenters. The van der Waals surface area contributed by atoms with Gasteiger partial charge in [-0.05, 0) is 31.0 Å². The minimum atomic E-state index is -0.798. The fourth-order valence-electron chi connectivity index (χ4n) is 2.83. The molecule has 1 saturated heterocycles. The Labute approximate surface area is 146 Å². The van der Waals surface area contributed by atoms with Crippen molar-refractivity contribution in [3.8, 4) is 0 Å². The monoisotopic (exact) mass is 339 g/mol. The van der Waals surface area contributed by atoms with Gasteiger partial charge >= 0.3 is 0 Å². The van der Waals surface area contributed by atoms with Crippen molar-refractivity contribution in [1.29, 1.82) is 0 Å². The second-order valence-corrected chi connectivity index (χ2v) is 6.30. The number of rotatable bonds is 3. The maximum absolute atomic E-state index is 12.7. The van der Waals surface area contributed by atoms with Gasteiger partial charge in [-0.25, -0.2) is 4.98 Å². The van der Waals surface area contributed by atoms with Gasteiger partial charge in [0.15, 0.2) is 6.10 Å². The summed E-state index contributed by atoms with van der Waals surface area (Å²) < 4.78 is 5.58. The first-order chi connectivity index (χ1) is 12.0. The highest BCUT2D eigenvalue weighted by Gasteiger charge is 2.40. The molecule has 1 aromatic heterocycles. The van der Waals surface area contributed by atoms with Crippen LogP contribution in [0.25, 0.3) is 0 Å². The number of hydrogen-bond donors (Lipinski definition) is 1. The topological polar surface area (TPSA) is 71.5 Å². The molecule has 2 heterocycles. The lowest BCUT2D eigenvalue weighted by atomic mass is 9.97. The Morgan fingerprint density at radius 2 is 1.84 bits per heavy atom. The zero-order chi connectivity index (χ0) is 18.0. The van der Waals surface area contributed by atoms with Gasteiger partial charge in [-0.15, -0.1) is 0 Å². The molecule has 1 aliphatic rings. The molecule has 2 atom stereocenters. The van der Waals surface area contributed by atoms with E-state index in [9.17, 15) is 9.59 Å². The number of pyridine rings is 1. The number of nitrogens with zero attached hydrogens (tertiary/aromatic N) is 2. The third-order valence-corrected chi connectivity index (χ3v) is 4.32. The van der Waals surface area contributed by atoms with Crippen LogP contribution in [0.4, 0.5) is 5.82 Å². The van der Waals surface area contributed by atoms with Crippen molar-refractivity contribution < 1.29 is 14.3 Å². The van der Waals surface area contributed by atoms with Gasteiger partial charge in [0, 0.05) is 13.2 Å². The van der Waals surface area contributed by atoms with Crippen molar-refractivity contribution in [2.75, 3.05) is 19.0 Å². The van der Waals surface area contributed by atoms with E-state index >= 15 is 0 Å². The molecule has 0 spiro atoms. The van der Waals surface area contributed by atoms with Crippen LogP contribution >= 0.6 is 0 Å². The van der Waals surface area contributed by atoms with E-state index in [4.69, 9.17) is 4.74 Å². The first kappa shape index (κ1) is 17.1. The standard InChI is InChI=1S/C19H21N3O3/c1-12-4-7-14(8-5-12)17-18(25-11-16(23)22(17)3)19(24)21-15-9-6-13(2)10-20-15/h4-10,17-18H,11H2,1-3H3,(H,20,21,24)/t17-,18+/m1/s1. The highest BCUT2D eigenvalue weighted by atomic mass is 16.5. The van der Waals surface area contributed by atoms with Crippen molar-refractivity contribution in [3.05, 3.63) is 59.3 Å². The molecule has 2 amide bonds. The molecule has 2 aromatic rings. The maximum Gasteiger partial charge on any atom is 0.257 e. The Bertz CT molecular complexity index is 772. The minimum absolute atomic E-state index is 0.113. The summed E-state index contributed by atoms with van der Waals surface area (Å²) >= 11 is 0. The first-order valence-electron chi connectivity index (χ1n) is 8.13. The van der Waals surface area contributed by atoms with E-state index < -0.39 is 12.1 Å². The van der Waals surface area contributed by atoms with Gasteiger partial charge in [-0.3, -0.25) is 9.59 Å². The van der Waals surface area contributed by atoms with Crippen molar-refractivity contribution in [2.24, 2.45) is 0 Å². The molecule has 25 heavy (non-hydrogen) atoms. The summed E-state index contributed by atoms with van der Waals surface area (Å²) in [5, 5.41) is 2.77. The van der Waals surface area contributed by atoms with Crippen LogP contribution in [-0.2, 0) is 14.3 Å². The van der Waals surface area contributed by atoms with E-state index in [1.807, 2.05) is 44.2 Å². The molecule has 0 radical (unpaired) electrons. The second kappa shape index (κ2) is 7.03. The summed E-state index contributed by atoms with van der Waals surface area (Å²) in [7, 11) is 1.69. The Kier molecular flexibility index (Phi) is 4.81. The predicted molar refractivity (Wildman–Crippen MR) is 94.0 cm³/mol. The van der Waals surface area contributed by atoms with Crippen molar-refractivity contribution in [2.45, 2.75) is 26.0 Å². The van der Waals surface area contributed by atoms with Gasteiger partial charge in [0.25, 0.3) is 5.91 Å². The molecule has 6 nitrogen and oxygen atoms in total. The zero-order valence-corrected chi connectivity index (χ0v) is 14.5. The lowest BCUT2D eigenvalue weighted by Gasteiger charge is -2.38. The Morgan fingerprint density at radius 3 is 2.48 bits per heavy atom. The SMILES string of the molecule is Cc1ccc([C@@H]2[C@@H](C(=O)Nc3ccc(C)cn3)OCC(=O)N2C)cc1. The number of carbonyl (C=O) groups excluding carboxylic acids is 2. The summed E-state index contributed by atoms with van der Waals surface area (Å²) in [6.45, 7) is 3.80. The number of aromatic nitrogens is 1. The molecule has 130 valence electrons. The van der Waals surface area contributed by atoms with Gasteiger partial charge in [0.2, 0.25) is 5.91 Å².